The minimum absolute atomic E-state index is 0.0627. The van der Waals surface area contributed by atoms with E-state index in [9.17, 15) is 9.18 Å². The van der Waals surface area contributed by atoms with E-state index >= 15 is 0 Å². The number of fused-ring (bicyclic) bond motifs is 3. The van der Waals surface area contributed by atoms with Crippen LogP contribution in [0, 0.1) is 5.82 Å². The molecule has 0 spiro atoms. The first-order valence-corrected chi connectivity index (χ1v) is 9.33. The van der Waals surface area contributed by atoms with E-state index < -0.39 is 0 Å². The van der Waals surface area contributed by atoms with E-state index in [2.05, 4.69) is 10.3 Å². The number of carbonyl (C=O) groups is 1. The summed E-state index contributed by atoms with van der Waals surface area (Å²) in [6.07, 6.45) is 4.16. The van der Waals surface area contributed by atoms with Crippen LogP contribution in [0.4, 0.5) is 4.39 Å². The highest BCUT2D eigenvalue weighted by atomic mass is 32.1. The van der Waals surface area contributed by atoms with Gasteiger partial charge in [0, 0.05) is 42.3 Å². The molecule has 2 aliphatic rings. The fraction of sp³-hybridized carbons (Fsp3) is 0.333. The lowest BCUT2D eigenvalue weighted by molar-refractivity contribution is 0.0691. The summed E-state index contributed by atoms with van der Waals surface area (Å²) in [4.78, 5) is 20.3. The monoisotopic (exact) mass is 356 g/mol. The molecule has 2 aromatic heterocycles. The van der Waals surface area contributed by atoms with Gasteiger partial charge in [-0.1, -0.05) is 0 Å². The second-order valence-electron chi connectivity index (χ2n) is 6.75. The molecule has 7 heteroatoms. The molecule has 5 nitrogen and oxygen atoms in total. The Morgan fingerprint density at radius 1 is 1.20 bits per heavy atom. The number of amides is 1. The van der Waals surface area contributed by atoms with Gasteiger partial charge in [-0.25, -0.2) is 9.37 Å². The Kier molecular flexibility index (Phi) is 3.39. The number of rotatable bonds is 2. The zero-order chi connectivity index (χ0) is 17.0. The Morgan fingerprint density at radius 3 is 2.64 bits per heavy atom. The zero-order valence-electron chi connectivity index (χ0n) is 13.5. The summed E-state index contributed by atoms with van der Waals surface area (Å²) in [7, 11) is 0. The van der Waals surface area contributed by atoms with Crippen molar-refractivity contribution in [2.45, 2.75) is 24.9 Å². The molecule has 128 valence electrons. The molecule has 1 aromatic carbocycles. The first kappa shape index (κ1) is 15.0. The van der Waals surface area contributed by atoms with E-state index in [0.29, 0.717) is 17.8 Å². The lowest BCUT2D eigenvalue weighted by Gasteiger charge is -2.32. The molecular weight excluding hydrogens is 339 g/mol. The highest BCUT2D eigenvalue weighted by Crippen LogP contribution is 2.26. The SMILES string of the molecule is O=C(c1csc2nc(-c3ccc(F)cc3)cn12)N1C[C@H]2CC[C@@H](C1)N2. The molecule has 2 bridgehead atoms. The molecule has 3 aromatic rings. The second kappa shape index (κ2) is 5.64. The van der Waals surface area contributed by atoms with Crippen LogP contribution in [0.2, 0.25) is 0 Å². The summed E-state index contributed by atoms with van der Waals surface area (Å²) in [5, 5.41) is 5.42. The van der Waals surface area contributed by atoms with E-state index in [1.807, 2.05) is 20.9 Å². The summed E-state index contributed by atoms with van der Waals surface area (Å²) in [5.74, 6) is -0.207. The average molecular weight is 356 g/mol. The summed E-state index contributed by atoms with van der Waals surface area (Å²) < 4.78 is 15.0. The molecule has 1 N–H and O–H groups in total. The van der Waals surface area contributed by atoms with Crippen LogP contribution in [0.1, 0.15) is 23.3 Å². The quantitative estimate of drug-likeness (QED) is 0.768. The van der Waals surface area contributed by atoms with Crippen molar-refractivity contribution >= 4 is 22.2 Å². The first-order valence-electron chi connectivity index (χ1n) is 8.45. The Hall–Kier alpha value is -2.25. The smallest absolute Gasteiger partial charge is 0.271 e. The molecule has 2 fully saturated rings. The number of carbonyl (C=O) groups excluding carboxylic acids is 1. The Morgan fingerprint density at radius 2 is 1.92 bits per heavy atom. The van der Waals surface area contributed by atoms with Crippen LogP contribution in [0.3, 0.4) is 0 Å². The van der Waals surface area contributed by atoms with Gasteiger partial charge in [0.15, 0.2) is 4.96 Å². The third kappa shape index (κ3) is 2.54. The summed E-state index contributed by atoms with van der Waals surface area (Å²) in [6.45, 7) is 1.54. The summed E-state index contributed by atoms with van der Waals surface area (Å²) in [5.41, 5.74) is 2.25. The van der Waals surface area contributed by atoms with Crippen LogP contribution in [-0.2, 0) is 0 Å². The predicted octanol–water partition coefficient (Wildman–Crippen LogP) is 2.78. The number of imidazole rings is 1. The Balaban J connectivity index is 1.47. The number of benzene rings is 1. The predicted molar refractivity (Wildman–Crippen MR) is 94.3 cm³/mol. The maximum Gasteiger partial charge on any atom is 0.271 e. The van der Waals surface area contributed by atoms with Crippen molar-refractivity contribution in [2.24, 2.45) is 0 Å². The summed E-state index contributed by atoms with van der Waals surface area (Å²) in [6, 6.07) is 7.11. The number of hydrogen-bond donors (Lipinski definition) is 1. The first-order chi connectivity index (χ1) is 12.2. The van der Waals surface area contributed by atoms with Gasteiger partial charge in [-0.15, -0.1) is 11.3 Å². The number of piperazine rings is 1. The van der Waals surface area contributed by atoms with Crippen molar-refractivity contribution in [1.29, 1.82) is 0 Å². The van der Waals surface area contributed by atoms with Gasteiger partial charge < -0.3 is 10.2 Å². The molecule has 0 aliphatic carbocycles. The molecule has 2 aliphatic heterocycles. The van der Waals surface area contributed by atoms with Crippen LogP contribution in [-0.4, -0.2) is 45.4 Å². The minimum Gasteiger partial charge on any atom is -0.334 e. The molecule has 2 saturated heterocycles. The molecule has 4 heterocycles. The van der Waals surface area contributed by atoms with E-state index in [1.54, 1.807) is 12.1 Å². The fourth-order valence-electron chi connectivity index (χ4n) is 3.82. The van der Waals surface area contributed by atoms with Gasteiger partial charge in [0.1, 0.15) is 11.5 Å². The van der Waals surface area contributed by atoms with Crippen molar-refractivity contribution < 1.29 is 9.18 Å². The van der Waals surface area contributed by atoms with Gasteiger partial charge in [-0.05, 0) is 37.1 Å². The Labute approximate surface area is 148 Å². The second-order valence-corrected chi connectivity index (χ2v) is 7.59. The molecule has 0 unspecified atom stereocenters. The third-order valence-electron chi connectivity index (χ3n) is 5.07. The average Bonchev–Trinajstić information content (AvgIpc) is 3.29. The maximum absolute atomic E-state index is 13.1. The normalized spacial score (nSPS) is 22.7. The molecule has 25 heavy (non-hydrogen) atoms. The number of likely N-dealkylation sites (tertiary alicyclic amines) is 1. The largest absolute Gasteiger partial charge is 0.334 e. The van der Waals surface area contributed by atoms with Gasteiger partial charge in [-0.3, -0.25) is 9.20 Å². The van der Waals surface area contributed by atoms with Crippen LogP contribution in [0.15, 0.2) is 35.8 Å². The highest BCUT2D eigenvalue weighted by molar-refractivity contribution is 7.15. The van der Waals surface area contributed by atoms with Crippen LogP contribution in [0.5, 0.6) is 0 Å². The van der Waals surface area contributed by atoms with Gasteiger partial charge in [0.2, 0.25) is 0 Å². The molecule has 0 saturated carbocycles. The number of aromatic nitrogens is 2. The lowest BCUT2D eigenvalue weighted by atomic mass is 10.2. The number of halogens is 1. The van der Waals surface area contributed by atoms with Crippen molar-refractivity contribution in [3.63, 3.8) is 0 Å². The third-order valence-corrected chi connectivity index (χ3v) is 5.91. The maximum atomic E-state index is 13.1. The van der Waals surface area contributed by atoms with E-state index in [4.69, 9.17) is 0 Å². The van der Waals surface area contributed by atoms with E-state index in [0.717, 1.165) is 42.1 Å². The molecule has 0 radical (unpaired) electrons. The standard InChI is InChI=1S/C18H17FN4OS/c19-12-3-1-11(2-4-12)15-9-23-16(10-25-18(23)21-15)17(24)22-7-13-5-6-14(8-22)20-13/h1-4,9-10,13-14,20H,5-8H2/t13-,14+. The minimum atomic E-state index is -0.269. The van der Waals surface area contributed by atoms with E-state index in [1.165, 1.54) is 23.5 Å². The fourth-order valence-corrected chi connectivity index (χ4v) is 4.67. The van der Waals surface area contributed by atoms with Gasteiger partial charge >= 0.3 is 0 Å². The van der Waals surface area contributed by atoms with Crippen LogP contribution >= 0.6 is 11.3 Å². The number of nitrogens with zero attached hydrogens (tertiary/aromatic N) is 3. The van der Waals surface area contributed by atoms with Crippen molar-refractivity contribution in [3.05, 3.63) is 47.4 Å². The molecule has 1 amide bonds. The molecule has 2 atom stereocenters. The Bertz CT molecular complexity index is 936. The van der Waals surface area contributed by atoms with Gasteiger partial charge in [0.25, 0.3) is 5.91 Å². The van der Waals surface area contributed by atoms with Crippen molar-refractivity contribution in [2.75, 3.05) is 13.1 Å². The lowest BCUT2D eigenvalue weighted by Crippen LogP contribution is -2.53. The molecular formula is C18H17FN4OS. The summed E-state index contributed by atoms with van der Waals surface area (Å²) >= 11 is 1.46. The number of thiazole rings is 1. The van der Waals surface area contributed by atoms with Crippen LogP contribution < -0.4 is 5.32 Å². The zero-order valence-corrected chi connectivity index (χ0v) is 14.3. The topological polar surface area (TPSA) is 49.6 Å². The van der Waals surface area contributed by atoms with Crippen molar-refractivity contribution in [1.82, 2.24) is 19.6 Å². The van der Waals surface area contributed by atoms with Gasteiger partial charge in [0.05, 0.1) is 5.69 Å². The van der Waals surface area contributed by atoms with Crippen molar-refractivity contribution in [3.8, 4) is 11.3 Å². The number of nitrogens with one attached hydrogen (secondary N) is 1. The van der Waals surface area contributed by atoms with Crippen LogP contribution in [0.25, 0.3) is 16.2 Å². The van der Waals surface area contributed by atoms with Gasteiger partial charge in [-0.2, -0.15) is 0 Å². The highest BCUT2D eigenvalue weighted by Gasteiger charge is 2.35. The number of hydrogen-bond acceptors (Lipinski definition) is 4. The van der Waals surface area contributed by atoms with E-state index in [-0.39, 0.29) is 11.7 Å². The molecule has 5 rings (SSSR count).